The van der Waals surface area contributed by atoms with Gasteiger partial charge in [-0.05, 0) is 19.8 Å². The van der Waals surface area contributed by atoms with Gasteiger partial charge < -0.3 is 10.4 Å². The molecule has 16 heavy (non-hydrogen) atoms. The largest absolute Gasteiger partial charge is 0.394 e. The van der Waals surface area contributed by atoms with E-state index in [1.165, 1.54) is 25.7 Å². The Morgan fingerprint density at radius 2 is 2.31 bits per heavy atom. The lowest BCUT2D eigenvalue weighted by Gasteiger charge is -2.19. The first-order chi connectivity index (χ1) is 7.83. The highest BCUT2D eigenvalue weighted by Gasteiger charge is 2.20. The number of nitrogens with zero attached hydrogens (tertiary/aromatic N) is 2. The Morgan fingerprint density at radius 3 is 2.88 bits per heavy atom. The summed E-state index contributed by atoms with van der Waals surface area (Å²) in [5, 5.41) is 17.2. The summed E-state index contributed by atoms with van der Waals surface area (Å²) < 4.78 is 1.90. The molecule has 0 aromatic carbocycles. The fraction of sp³-hybridized carbons (Fsp3) is 0.750. The van der Waals surface area contributed by atoms with E-state index in [-0.39, 0.29) is 12.6 Å². The molecule has 4 heteroatoms. The molecule has 1 heterocycles. The molecule has 1 atom stereocenters. The van der Waals surface area contributed by atoms with Gasteiger partial charge in [0.2, 0.25) is 0 Å². The molecule has 1 aliphatic rings. The molecule has 1 aromatic rings. The van der Waals surface area contributed by atoms with Crippen molar-refractivity contribution < 1.29 is 5.11 Å². The second-order valence-corrected chi connectivity index (χ2v) is 4.51. The second-order valence-electron chi connectivity index (χ2n) is 4.51. The van der Waals surface area contributed by atoms with Gasteiger partial charge in [-0.2, -0.15) is 5.10 Å². The second kappa shape index (κ2) is 5.46. The van der Waals surface area contributed by atoms with Gasteiger partial charge >= 0.3 is 0 Å². The maximum Gasteiger partial charge on any atom is 0.0627 e. The molecule has 1 fully saturated rings. The zero-order chi connectivity index (χ0) is 11.4. The third-order valence-electron chi connectivity index (χ3n) is 3.35. The molecule has 1 aromatic heterocycles. The number of aromatic nitrogens is 2. The van der Waals surface area contributed by atoms with Crippen LogP contribution in [0.4, 0.5) is 0 Å². The molecule has 1 aliphatic carbocycles. The molecule has 1 saturated carbocycles. The molecular weight excluding hydrogens is 202 g/mol. The quantitative estimate of drug-likeness (QED) is 0.794. The van der Waals surface area contributed by atoms with E-state index in [2.05, 4.69) is 17.3 Å². The maximum absolute atomic E-state index is 9.42. The molecule has 0 saturated heterocycles. The van der Waals surface area contributed by atoms with Crippen LogP contribution in [0.1, 0.15) is 44.2 Å². The minimum atomic E-state index is 0.0448. The number of hydrogen-bond donors (Lipinski definition) is 2. The van der Waals surface area contributed by atoms with E-state index in [0.29, 0.717) is 6.04 Å². The van der Waals surface area contributed by atoms with Crippen LogP contribution in [0, 0.1) is 0 Å². The normalized spacial score (nSPS) is 19.1. The predicted molar refractivity (Wildman–Crippen MR) is 63.1 cm³/mol. The highest BCUT2D eigenvalue weighted by Crippen LogP contribution is 2.21. The molecule has 4 nitrogen and oxygen atoms in total. The van der Waals surface area contributed by atoms with Crippen LogP contribution in [0.25, 0.3) is 0 Å². The number of aliphatic hydroxyl groups excluding tert-OH is 1. The number of aliphatic hydroxyl groups is 1. The van der Waals surface area contributed by atoms with Crippen LogP contribution in [0.5, 0.6) is 0 Å². The van der Waals surface area contributed by atoms with Crippen LogP contribution in [0.3, 0.4) is 0 Å². The van der Waals surface area contributed by atoms with E-state index in [9.17, 15) is 5.11 Å². The van der Waals surface area contributed by atoms with Crippen molar-refractivity contribution in [3.05, 3.63) is 18.0 Å². The lowest BCUT2D eigenvalue weighted by molar-refractivity contribution is 0.233. The summed E-state index contributed by atoms with van der Waals surface area (Å²) >= 11 is 0. The highest BCUT2D eigenvalue weighted by molar-refractivity contribution is 5.11. The van der Waals surface area contributed by atoms with Gasteiger partial charge in [-0.15, -0.1) is 0 Å². The van der Waals surface area contributed by atoms with Crippen LogP contribution in [0.15, 0.2) is 12.4 Å². The van der Waals surface area contributed by atoms with Crippen molar-refractivity contribution >= 4 is 0 Å². The Labute approximate surface area is 96.7 Å². The Hall–Kier alpha value is -0.870. The van der Waals surface area contributed by atoms with Crippen LogP contribution >= 0.6 is 0 Å². The van der Waals surface area contributed by atoms with Gasteiger partial charge in [0.05, 0.1) is 18.8 Å². The SMILES string of the molecule is CCn1cc(C(CO)NC2CCCC2)cn1. The van der Waals surface area contributed by atoms with Gasteiger partial charge in [0.15, 0.2) is 0 Å². The Morgan fingerprint density at radius 1 is 1.56 bits per heavy atom. The van der Waals surface area contributed by atoms with Gasteiger partial charge in [0.25, 0.3) is 0 Å². The molecule has 90 valence electrons. The van der Waals surface area contributed by atoms with Gasteiger partial charge in [0, 0.05) is 24.3 Å². The lowest BCUT2D eigenvalue weighted by atomic mass is 10.1. The van der Waals surface area contributed by atoms with E-state index in [4.69, 9.17) is 0 Å². The Balaban J connectivity index is 1.97. The predicted octanol–water partition coefficient (Wildman–Crippen LogP) is 1.47. The van der Waals surface area contributed by atoms with Crippen LogP contribution in [0.2, 0.25) is 0 Å². The van der Waals surface area contributed by atoms with E-state index < -0.39 is 0 Å². The van der Waals surface area contributed by atoms with E-state index in [0.717, 1.165) is 12.1 Å². The maximum atomic E-state index is 9.42. The zero-order valence-corrected chi connectivity index (χ0v) is 9.89. The fourth-order valence-corrected chi connectivity index (χ4v) is 2.36. The smallest absolute Gasteiger partial charge is 0.0627 e. The molecule has 2 rings (SSSR count). The highest BCUT2D eigenvalue weighted by atomic mass is 16.3. The molecule has 1 unspecified atom stereocenters. The first-order valence-corrected chi connectivity index (χ1v) is 6.22. The summed E-state index contributed by atoms with van der Waals surface area (Å²) in [4.78, 5) is 0. The first-order valence-electron chi connectivity index (χ1n) is 6.22. The molecule has 0 radical (unpaired) electrons. The molecule has 0 aliphatic heterocycles. The number of rotatable bonds is 5. The number of hydrogen-bond acceptors (Lipinski definition) is 3. The van der Waals surface area contributed by atoms with Crippen molar-refractivity contribution in [1.29, 1.82) is 0 Å². The standard InChI is InChI=1S/C12H21N3O/c1-2-15-8-10(7-13-15)12(9-16)14-11-5-3-4-6-11/h7-8,11-12,14,16H,2-6,9H2,1H3. The van der Waals surface area contributed by atoms with Gasteiger partial charge in [-0.1, -0.05) is 12.8 Å². The summed E-state index contributed by atoms with van der Waals surface area (Å²) in [6, 6.07) is 0.616. The van der Waals surface area contributed by atoms with E-state index >= 15 is 0 Å². The van der Waals surface area contributed by atoms with Crippen LogP contribution in [-0.2, 0) is 6.54 Å². The van der Waals surface area contributed by atoms with Crippen LogP contribution < -0.4 is 5.32 Å². The summed E-state index contributed by atoms with van der Waals surface area (Å²) in [5.74, 6) is 0. The third kappa shape index (κ3) is 2.62. The van der Waals surface area contributed by atoms with Crippen molar-refractivity contribution in [2.45, 2.75) is 51.2 Å². The minimum absolute atomic E-state index is 0.0448. The van der Waals surface area contributed by atoms with Crippen molar-refractivity contribution in [2.24, 2.45) is 0 Å². The van der Waals surface area contributed by atoms with Gasteiger partial charge in [-0.3, -0.25) is 4.68 Å². The summed E-state index contributed by atoms with van der Waals surface area (Å²) in [6.45, 7) is 3.09. The first kappa shape index (κ1) is 11.6. The third-order valence-corrected chi connectivity index (χ3v) is 3.35. The summed E-state index contributed by atoms with van der Waals surface area (Å²) in [5.41, 5.74) is 1.09. The lowest BCUT2D eigenvalue weighted by Crippen LogP contribution is -2.32. The fourth-order valence-electron chi connectivity index (χ4n) is 2.36. The molecule has 0 bridgehead atoms. The van der Waals surface area contributed by atoms with Crippen molar-refractivity contribution in [3.63, 3.8) is 0 Å². The molecule has 0 amide bonds. The minimum Gasteiger partial charge on any atom is -0.394 e. The molecule has 2 N–H and O–H groups in total. The molecule has 0 spiro atoms. The number of aryl methyl sites for hydroxylation is 1. The summed E-state index contributed by atoms with van der Waals surface area (Å²) in [7, 11) is 0. The Kier molecular flexibility index (Phi) is 3.96. The van der Waals surface area contributed by atoms with E-state index in [1.54, 1.807) is 0 Å². The average molecular weight is 223 g/mol. The molecular formula is C12H21N3O. The Bertz CT molecular complexity index is 318. The number of nitrogens with one attached hydrogen (secondary N) is 1. The monoisotopic (exact) mass is 223 g/mol. The van der Waals surface area contributed by atoms with Crippen LogP contribution in [-0.4, -0.2) is 27.5 Å². The van der Waals surface area contributed by atoms with Gasteiger partial charge in [0.1, 0.15) is 0 Å². The van der Waals surface area contributed by atoms with Gasteiger partial charge in [-0.25, -0.2) is 0 Å². The average Bonchev–Trinajstić information content (AvgIpc) is 2.96. The summed E-state index contributed by atoms with van der Waals surface area (Å²) in [6.07, 6.45) is 8.96. The van der Waals surface area contributed by atoms with Crippen molar-refractivity contribution in [3.8, 4) is 0 Å². The van der Waals surface area contributed by atoms with Crippen molar-refractivity contribution in [1.82, 2.24) is 15.1 Å². The topological polar surface area (TPSA) is 50.1 Å². The van der Waals surface area contributed by atoms with Crippen molar-refractivity contribution in [2.75, 3.05) is 6.61 Å². The zero-order valence-electron chi connectivity index (χ0n) is 9.89. The van der Waals surface area contributed by atoms with E-state index in [1.807, 2.05) is 17.1 Å².